The number of rotatable bonds is 9. The number of hydrogen-bond donors (Lipinski definition) is 1. The minimum Gasteiger partial charge on any atom is -0.382 e. The molecule has 2 fully saturated rings. The van der Waals surface area contributed by atoms with Crippen molar-refractivity contribution >= 4 is 5.96 Å². The van der Waals surface area contributed by atoms with Crippen LogP contribution in [-0.4, -0.2) is 64.0 Å². The van der Waals surface area contributed by atoms with Gasteiger partial charge in [0.25, 0.3) is 0 Å². The van der Waals surface area contributed by atoms with E-state index in [9.17, 15) is 0 Å². The Kier molecular flexibility index (Phi) is 8.16. The SMILES string of the molecule is CCNC(=NCC1(c2ccccc2)CCCC1)N1CCC(COCCOC)C1. The zero-order valence-electron chi connectivity index (χ0n) is 17.7. The lowest BCUT2D eigenvalue weighted by atomic mass is 9.79. The Bertz CT molecular complexity index is 599. The molecular weight excluding hydrogens is 350 g/mol. The fraction of sp³-hybridized carbons (Fsp3) is 0.696. The predicted octanol–water partition coefficient (Wildman–Crippen LogP) is 3.45. The van der Waals surface area contributed by atoms with E-state index in [1.54, 1.807) is 7.11 Å². The highest BCUT2D eigenvalue weighted by atomic mass is 16.5. The Morgan fingerprint density at radius 2 is 2.00 bits per heavy atom. The van der Waals surface area contributed by atoms with Crippen LogP contribution < -0.4 is 5.32 Å². The molecule has 2 aliphatic rings. The highest BCUT2D eigenvalue weighted by Crippen LogP contribution is 2.41. The van der Waals surface area contributed by atoms with Gasteiger partial charge in [0.05, 0.1) is 26.4 Å². The molecule has 5 nitrogen and oxygen atoms in total. The number of aliphatic imine (C=N–C) groups is 1. The van der Waals surface area contributed by atoms with Crippen molar-refractivity contribution in [1.82, 2.24) is 10.2 Å². The summed E-state index contributed by atoms with van der Waals surface area (Å²) in [7, 11) is 1.71. The lowest BCUT2D eigenvalue weighted by Crippen LogP contribution is -2.41. The largest absolute Gasteiger partial charge is 0.382 e. The van der Waals surface area contributed by atoms with E-state index in [-0.39, 0.29) is 5.41 Å². The highest BCUT2D eigenvalue weighted by Gasteiger charge is 2.36. The molecule has 1 aromatic carbocycles. The molecule has 1 aromatic rings. The van der Waals surface area contributed by atoms with Crippen LogP contribution in [0.25, 0.3) is 0 Å². The summed E-state index contributed by atoms with van der Waals surface area (Å²) in [6, 6.07) is 11.0. The van der Waals surface area contributed by atoms with Gasteiger partial charge in [0.2, 0.25) is 0 Å². The molecule has 1 aliphatic heterocycles. The summed E-state index contributed by atoms with van der Waals surface area (Å²) in [4.78, 5) is 7.56. The molecule has 1 atom stereocenters. The van der Waals surface area contributed by atoms with E-state index in [0.717, 1.165) is 38.7 Å². The normalized spacial score (nSPS) is 22.0. The van der Waals surface area contributed by atoms with Crippen LogP contribution in [0.2, 0.25) is 0 Å². The van der Waals surface area contributed by atoms with Crippen LogP contribution in [0.5, 0.6) is 0 Å². The van der Waals surface area contributed by atoms with Gasteiger partial charge in [-0.05, 0) is 31.7 Å². The number of nitrogens with zero attached hydrogens (tertiary/aromatic N) is 2. The number of nitrogens with one attached hydrogen (secondary N) is 1. The van der Waals surface area contributed by atoms with Gasteiger partial charge in [-0.3, -0.25) is 4.99 Å². The Morgan fingerprint density at radius 1 is 1.21 bits per heavy atom. The molecule has 3 rings (SSSR count). The van der Waals surface area contributed by atoms with Gasteiger partial charge in [0, 0.05) is 38.1 Å². The average molecular weight is 388 g/mol. The third-order valence-electron chi connectivity index (χ3n) is 6.18. The van der Waals surface area contributed by atoms with Crippen LogP contribution in [-0.2, 0) is 14.9 Å². The van der Waals surface area contributed by atoms with E-state index in [1.165, 1.54) is 37.7 Å². The third kappa shape index (κ3) is 5.48. The maximum atomic E-state index is 5.75. The second-order valence-corrected chi connectivity index (χ2v) is 8.19. The molecule has 1 aliphatic carbocycles. The van der Waals surface area contributed by atoms with Crippen molar-refractivity contribution in [2.45, 2.75) is 44.4 Å². The van der Waals surface area contributed by atoms with Crippen molar-refractivity contribution < 1.29 is 9.47 Å². The Balaban J connectivity index is 1.62. The predicted molar refractivity (Wildman–Crippen MR) is 115 cm³/mol. The van der Waals surface area contributed by atoms with Crippen molar-refractivity contribution in [2.24, 2.45) is 10.9 Å². The number of ether oxygens (including phenoxy) is 2. The van der Waals surface area contributed by atoms with Gasteiger partial charge in [-0.15, -0.1) is 0 Å². The van der Waals surface area contributed by atoms with Gasteiger partial charge in [0.1, 0.15) is 0 Å². The minimum atomic E-state index is 0.213. The Morgan fingerprint density at radius 3 is 2.71 bits per heavy atom. The van der Waals surface area contributed by atoms with E-state index >= 15 is 0 Å². The highest BCUT2D eigenvalue weighted by molar-refractivity contribution is 5.80. The van der Waals surface area contributed by atoms with Crippen LogP contribution in [0.15, 0.2) is 35.3 Å². The molecule has 1 N–H and O–H groups in total. The molecule has 0 bridgehead atoms. The minimum absolute atomic E-state index is 0.213. The summed E-state index contributed by atoms with van der Waals surface area (Å²) in [5.41, 5.74) is 1.67. The van der Waals surface area contributed by atoms with Crippen molar-refractivity contribution in [3.05, 3.63) is 35.9 Å². The Labute approximate surface area is 170 Å². The summed E-state index contributed by atoms with van der Waals surface area (Å²) in [6.45, 7) is 8.18. The summed E-state index contributed by atoms with van der Waals surface area (Å²) in [6.07, 6.45) is 6.28. The van der Waals surface area contributed by atoms with E-state index < -0.39 is 0 Å². The summed E-state index contributed by atoms with van der Waals surface area (Å²) < 4.78 is 10.8. The monoisotopic (exact) mass is 387 g/mol. The summed E-state index contributed by atoms with van der Waals surface area (Å²) in [5, 5.41) is 3.53. The molecule has 0 aromatic heterocycles. The molecule has 1 heterocycles. The van der Waals surface area contributed by atoms with Gasteiger partial charge < -0.3 is 19.7 Å². The fourth-order valence-electron chi connectivity index (χ4n) is 4.59. The van der Waals surface area contributed by atoms with Gasteiger partial charge in [-0.2, -0.15) is 0 Å². The van der Waals surface area contributed by atoms with Gasteiger partial charge in [-0.25, -0.2) is 0 Å². The van der Waals surface area contributed by atoms with Crippen LogP contribution in [0.3, 0.4) is 0 Å². The van der Waals surface area contributed by atoms with Crippen LogP contribution >= 0.6 is 0 Å². The molecule has 0 amide bonds. The number of methoxy groups -OCH3 is 1. The molecule has 5 heteroatoms. The van der Waals surface area contributed by atoms with Crippen molar-refractivity contribution in [3.63, 3.8) is 0 Å². The molecule has 28 heavy (non-hydrogen) atoms. The first-order chi connectivity index (χ1) is 13.8. The summed E-state index contributed by atoms with van der Waals surface area (Å²) >= 11 is 0. The van der Waals surface area contributed by atoms with Crippen molar-refractivity contribution in [1.29, 1.82) is 0 Å². The number of benzene rings is 1. The number of likely N-dealkylation sites (tertiary alicyclic amines) is 1. The second kappa shape index (κ2) is 10.8. The number of hydrogen-bond acceptors (Lipinski definition) is 3. The summed E-state index contributed by atoms with van der Waals surface area (Å²) in [5.74, 6) is 1.65. The zero-order valence-corrected chi connectivity index (χ0v) is 17.7. The fourth-order valence-corrected chi connectivity index (χ4v) is 4.59. The molecule has 1 saturated carbocycles. The van der Waals surface area contributed by atoms with E-state index in [2.05, 4.69) is 47.5 Å². The van der Waals surface area contributed by atoms with E-state index in [4.69, 9.17) is 14.5 Å². The maximum absolute atomic E-state index is 5.75. The zero-order chi connectivity index (χ0) is 19.7. The van der Waals surface area contributed by atoms with Gasteiger partial charge >= 0.3 is 0 Å². The van der Waals surface area contributed by atoms with Crippen molar-refractivity contribution in [2.75, 3.05) is 53.1 Å². The first-order valence-electron chi connectivity index (χ1n) is 10.9. The third-order valence-corrected chi connectivity index (χ3v) is 6.18. The first-order valence-corrected chi connectivity index (χ1v) is 10.9. The maximum Gasteiger partial charge on any atom is 0.193 e. The molecule has 0 radical (unpaired) electrons. The van der Waals surface area contributed by atoms with Gasteiger partial charge in [-0.1, -0.05) is 43.2 Å². The molecule has 0 spiro atoms. The first kappa shape index (κ1) is 21.1. The lowest BCUT2D eigenvalue weighted by molar-refractivity contribution is 0.0536. The lowest BCUT2D eigenvalue weighted by Gasteiger charge is -2.29. The van der Waals surface area contributed by atoms with E-state index in [0.29, 0.717) is 19.1 Å². The van der Waals surface area contributed by atoms with Crippen LogP contribution in [0.1, 0.15) is 44.6 Å². The molecule has 1 saturated heterocycles. The molecule has 1 unspecified atom stereocenters. The average Bonchev–Trinajstić information content (AvgIpc) is 3.40. The molecular formula is C23H37N3O2. The second-order valence-electron chi connectivity index (χ2n) is 8.19. The molecule has 156 valence electrons. The topological polar surface area (TPSA) is 46.1 Å². The number of guanidine groups is 1. The van der Waals surface area contributed by atoms with Crippen LogP contribution in [0.4, 0.5) is 0 Å². The van der Waals surface area contributed by atoms with Crippen LogP contribution in [0, 0.1) is 5.92 Å². The van der Waals surface area contributed by atoms with Crippen molar-refractivity contribution in [3.8, 4) is 0 Å². The quantitative estimate of drug-likeness (QED) is 0.400. The van der Waals surface area contributed by atoms with E-state index in [1.807, 2.05) is 0 Å². The standard InChI is InChI=1S/C23H37N3O2/c1-3-24-22(26-14-11-20(17-26)18-28-16-15-27-2)25-19-23(12-7-8-13-23)21-9-5-4-6-10-21/h4-6,9-10,20H,3,7-8,11-19H2,1-2H3,(H,24,25). The Hall–Kier alpha value is -1.59. The van der Waals surface area contributed by atoms with Gasteiger partial charge in [0.15, 0.2) is 5.96 Å². The smallest absolute Gasteiger partial charge is 0.193 e.